The van der Waals surface area contributed by atoms with Crippen LogP contribution in [0.4, 0.5) is 0 Å². The average molecular weight is 383 g/mol. The largest absolute Gasteiger partial charge is 0.490 e. The smallest absolute Gasteiger partial charge is 0.238 e. The van der Waals surface area contributed by atoms with Crippen molar-refractivity contribution in [2.45, 2.75) is 56.9 Å². The quantitative estimate of drug-likeness (QED) is 0.808. The van der Waals surface area contributed by atoms with E-state index in [1.807, 2.05) is 18.2 Å². The number of sulfone groups is 1. The van der Waals surface area contributed by atoms with Gasteiger partial charge in [-0.15, -0.1) is 0 Å². The van der Waals surface area contributed by atoms with Gasteiger partial charge in [-0.3, -0.25) is 4.79 Å². The predicted molar refractivity (Wildman–Crippen MR) is 96.3 cm³/mol. The van der Waals surface area contributed by atoms with E-state index in [0.717, 1.165) is 37.2 Å². The van der Waals surface area contributed by atoms with Crippen molar-refractivity contribution in [2.24, 2.45) is 0 Å². The fourth-order valence-electron chi connectivity index (χ4n) is 3.20. The van der Waals surface area contributed by atoms with Crippen molar-refractivity contribution in [3.8, 4) is 17.2 Å². The lowest BCUT2D eigenvalue weighted by Crippen LogP contribution is -2.45. The van der Waals surface area contributed by atoms with Crippen LogP contribution in [0.1, 0.15) is 39.5 Å². The number of nitrogens with one attached hydrogen (secondary N) is 1. The normalized spacial score (nSPS) is 23.3. The highest BCUT2D eigenvalue weighted by molar-refractivity contribution is 7.92. The fraction of sp³-hybridized carbons (Fsp3) is 0.611. The molecule has 0 aromatic heterocycles. The molecule has 0 saturated heterocycles. The van der Waals surface area contributed by atoms with Crippen molar-refractivity contribution in [2.75, 3.05) is 12.5 Å². The van der Waals surface area contributed by atoms with Crippen LogP contribution in [0.25, 0.3) is 0 Å². The maximum absolute atomic E-state index is 12.2. The van der Waals surface area contributed by atoms with Crippen LogP contribution in [0.3, 0.4) is 0 Å². The number of carbonyl (C=O) groups is 1. The number of carbonyl (C=O) groups excluding carboxylic acids is 1. The Morgan fingerprint density at radius 3 is 2.62 bits per heavy atom. The monoisotopic (exact) mass is 383 g/mol. The van der Waals surface area contributed by atoms with Crippen LogP contribution >= 0.6 is 0 Å². The zero-order valence-corrected chi connectivity index (χ0v) is 15.9. The van der Waals surface area contributed by atoms with Gasteiger partial charge in [0, 0.05) is 17.9 Å². The molecular formula is C18H25NO6S. The summed E-state index contributed by atoms with van der Waals surface area (Å²) in [7, 11) is -3.36. The minimum absolute atomic E-state index is 0.00592. The van der Waals surface area contributed by atoms with E-state index in [-0.39, 0.29) is 24.7 Å². The summed E-state index contributed by atoms with van der Waals surface area (Å²) in [6.45, 7) is 3.23. The molecule has 8 heteroatoms. The Morgan fingerprint density at radius 2 is 1.92 bits per heavy atom. The molecular weight excluding hydrogens is 358 g/mol. The first-order valence-electron chi connectivity index (χ1n) is 8.97. The minimum atomic E-state index is -3.36. The first-order valence-corrected chi connectivity index (χ1v) is 10.7. The van der Waals surface area contributed by atoms with Crippen LogP contribution in [0.15, 0.2) is 18.2 Å². The van der Waals surface area contributed by atoms with Crippen LogP contribution in [0.2, 0.25) is 0 Å². The fourth-order valence-corrected chi connectivity index (χ4v) is 4.09. The van der Waals surface area contributed by atoms with E-state index in [4.69, 9.17) is 14.2 Å². The van der Waals surface area contributed by atoms with Gasteiger partial charge in [-0.2, -0.15) is 0 Å². The third-order valence-electron chi connectivity index (χ3n) is 4.98. The molecule has 1 aliphatic carbocycles. The Morgan fingerprint density at radius 1 is 1.23 bits per heavy atom. The van der Waals surface area contributed by atoms with E-state index >= 15 is 0 Å². The lowest BCUT2D eigenvalue weighted by atomic mass is 9.93. The first kappa shape index (κ1) is 18.8. The summed E-state index contributed by atoms with van der Waals surface area (Å²) >= 11 is 0. The Kier molecular flexibility index (Phi) is 5.60. The molecule has 1 heterocycles. The number of amides is 1. The molecule has 1 fully saturated rings. The molecule has 1 aliphatic heterocycles. The van der Waals surface area contributed by atoms with E-state index in [0.29, 0.717) is 5.75 Å². The van der Waals surface area contributed by atoms with Crippen molar-refractivity contribution in [1.29, 1.82) is 0 Å². The van der Waals surface area contributed by atoms with Crippen LogP contribution in [-0.2, 0) is 14.6 Å². The van der Waals surface area contributed by atoms with Crippen molar-refractivity contribution in [1.82, 2.24) is 5.32 Å². The SMILES string of the molecule is CCS(=O)(=O)C(C)C(=O)NC1CCC(Oc2ccc3c(c2)OCO3)CC1. The molecule has 0 bridgehead atoms. The Hall–Kier alpha value is -1.96. The van der Waals surface area contributed by atoms with E-state index in [1.165, 1.54) is 6.92 Å². The number of hydrogen-bond donors (Lipinski definition) is 1. The number of ether oxygens (including phenoxy) is 3. The molecule has 2 aliphatic rings. The van der Waals surface area contributed by atoms with Gasteiger partial charge in [-0.05, 0) is 44.7 Å². The van der Waals surface area contributed by atoms with Gasteiger partial charge in [0.15, 0.2) is 21.3 Å². The van der Waals surface area contributed by atoms with Gasteiger partial charge < -0.3 is 19.5 Å². The van der Waals surface area contributed by atoms with Gasteiger partial charge in [0.05, 0.1) is 6.10 Å². The first-order chi connectivity index (χ1) is 12.4. The molecule has 0 radical (unpaired) electrons. The second kappa shape index (κ2) is 7.73. The highest BCUT2D eigenvalue weighted by Crippen LogP contribution is 2.36. The van der Waals surface area contributed by atoms with Gasteiger partial charge >= 0.3 is 0 Å². The van der Waals surface area contributed by atoms with E-state index in [2.05, 4.69) is 5.32 Å². The zero-order chi connectivity index (χ0) is 18.7. The van der Waals surface area contributed by atoms with Crippen molar-refractivity contribution < 1.29 is 27.4 Å². The lowest BCUT2D eigenvalue weighted by Gasteiger charge is -2.30. The molecule has 144 valence electrons. The van der Waals surface area contributed by atoms with Crippen molar-refractivity contribution >= 4 is 15.7 Å². The Labute approximate surface area is 153 Å². The topological polar surface area (TPSA) is 90.9 Å². The van der Waals surface area contributed by atoms with Gasteiger partial charge in [-0.25, -0.2) is 8.42 Å². The standard InChI is InChI=1S/C18H25NO6S/c1-3-26(21,22)12(2)18(20)19-13-4-6-14(7-5-13)25-15-8-9-16-17(10-15)24-11-23-16/h8-10,12-14H,3-7,11H2,1-2H3,(H,19,20). The van der Waals surface area contributed by atoms with Gasteiger partial charge in [-0.1, -0.05) is 6.92 Å². The molecule has 1 atom stereocenters. The molecule has 3 rings (SSSR count). The maximum atomic E-state index is 12.2. The van der Waals surface area contributed by atoms with Crippen molar-refractivity contribution in [3.05, 3.63) is 18.2 Å². The van der Waals surface area contributed by atoms with Crippen LogP contribution < -0.4 is 19.5 Å². The number of fused-ring (bicyclic) bond motifs is 1. The maximum Gasteiger partial charge on any atom is 0.238 e. The Bertz CT molecular complexity index is 755. The molecule has 1 unspecified atom stereocenters. The summed E-state index contributed by atoms with van der Waals surface area (Å²) in [6.07, 6.45) is 3.20. The van der Waals surface area contributed by atoms with Gasteiger partial charge in [0.2, 0.25) is 12.7 Å². The van der Waals surface area contributed by atoms with Gasteiger partial charge in [0.25, 0.3) is 0 Å². The lowest BCUT2D eigenvalue weighted by molar-refractivity contribution is -0.121. The molecule has 1 N–H and O–H groups in total. The summed E-state index contributed by atoms with van der Waals surface area (Å²) in [6, 6.07) is 5.51. The summed E-state index contributed by atoms with van der Waals surface area (Å²) < 4.78 is 40.3. The van der Waals surface area contributed by atoms with Crippen LogP contribution in [0, 0.1) is 0 Å². The van der Waals surface area contributed by atoms with E-state index < -0.39 is 21.0 Å². The number of hydrogen-bond acceptors (Lipinski definition) is 6. The predicted octanol–water partition coefficient (Wildman–Crippen LogP) is 2.04. The van der Waals surface area contributed by atoms with Crippen LogP contribution in [-0.4, -0.2) is 44.3 Å². The summed E-state index contributed by atoms with van der Waals surface area (Å²) in [5.41, 5.74) is 0. The van der Waals surface area contributed by atoms with Crippen LogP contribution in [0.5, 0.6) is 17.2 Å². The number of benzene rings is 1. The minimum Gasteiger partial charge on any atom is -0.490 e. The molecule has 0 spiro atoms. The third-order valence-corrected chi connectivity index (χ3v) is 7.07. The molecule has 7 nitrogen and oxygen atoms in total. The van der Waals surface area contributed by atoms with Gasteiger partial charge in [0.1, 0.15) is 11.0 Å². The third kappa shape index (κ3) is 4.23. The second-order valence-electron chi connectivity index (χ2n) is 6.71. The molecule has 1 saturated carbocycles. The number of rotatable bonds is 6. The highest BCUT2D eigenvalue weighted by atomic mass is 32.2. The molecule has 26 heavy (non-hydrogen) atoms. The zero-order valence-electron chi connectivity index (χ0n) is 15.1. The molecule has 1 aromatic carbocycles. The van der Waals surface area contributed by atoms with Crippen molar-refractivity contribution in [3.63, 3.8) is 0 Å². The molecule has 1 aromatic rings. The summed E-state index contributed by atoms with van der Waals surface area (Å²) in [5, 5.41) is 1.86. The average Bonchev–Trinajstić information content (AvgIpc) is 3.10. The highest BCUT2D eigenvalue weighted by Gasteiger charge is 2.30. The Balaban J connectivity index is 1.48. The second-order valence-corrected chi connectivity index (χ2v) is 9.32. The van der Waals surface area contributed by atoms with E-state index in [9.17, 15) is 13.2 Å². The summed E-state index contributed by atoms with van der Waals surface area (Å²) in [4.78, 5) is 12.2. The molecule has 1 amide bonds. The summed E-state index contributed by atoms with van der Waals surface area (Å²) in [5.74, 6) is 1.71. The van der Waals surface area contributed by atoms with E-state index in [1.54, 1.807) is 6.92 Å².